The number of β-amino-alcohol motifs (C(OH)–C–C–N with tert-alkyl or cyclic N) is 1. The molecule has 1 heterocycles. The lowest BCUT2D eigenvalue weighted by molar-refractivity contribution is -0.136. The van der Waals surface area contributed by atoms with Crippen molar-refractivity contribution < 1.29 is 14.6 Å². The Morgan fingerprint density at radius 2 is 2.05 bits per heavy atom. The van der Waals surface area contributed by atoms with Crippen LogP contribution in [-0.4, -0.2) is 72.9 Å². The maximum atomic E-state index is 12.0. The molecule has 22 heavy (non-hydrogen) atoms. The van der Waals surface area contributed by atoms with Gasteiger partial charge in [0, 0.05) is 39.3 Å². The molecular weight excluding hydrogens is 280 g/mol. The van der Waals surface area contributed by atoms with Crippen molar-refractivity contribution in [1.82, 2.24) is 9.80 Å². The average molecular weight is 306 g/mol. The maximum absolute atomic E-state index is 12.0. The van der Waals surface area contributed by atoms with Crippen molar-refractivity contribution >= 4 is 5.91 Å². The number of aliphatic hydroxyl groups is 1. The minimum atomic E-state index is -0.496. The maximum Gasteiger partial charge on any atom is 0.248 e. The van der Waals surface area contributed by atoms with Crippen molar-refractivity contribution in [2.45, 2.75) is 19.4 Å². The van der Waals surface area contributed by atoms with Gasteiger partial charge in [0.15, 0.2) is 0 Å². The zero-order chi connectivity index (χ0) is 15.8. The topological polar surface area (TPSA) is 53.0 Å². The van der Waals surface area contributed by atoms with Crippen LogP contribution in [0.25, 0.3) is 0 Å². The lowest BCUT2D eigenvalue weighted by atomic mass is 10.1. The predicted molar refractivity (Wildman–Crippen MR) is 85.7 cm³/mol. The van der Waals surface area contributed by atoms with Crippen LogP contribution in [0.15, 0.2) is 30.3 Å². The number of carbonyl (C=O) groups is 1. The fourth-order valence-electron chi connectivity index (χ4n) is 2.70. The summed E-state index contributed by atoms with van der Waals surface area (Å²) in [5.41, 5.74) is 1.30. The molecule has 0 aliphatic carbocycles. The van der Waals surface area contributed by atoms with Crippen LogP contribution in [0.1, 0.15) is 12.5 Å². The minimum Gasteiger partial charge on any atom is -0.390 e. The fraction of sp³-hybridized carbons (Fsp3) is 0.588. The molecule has 2 rings (SSSR count). The van der Waals surface area contributed by atoms with E-state index in [2.05, 4.69) is 17.0 Å². The summed E-state index contributed by atoms with van der Waals surface area (Å²) in [6, 6.07) is 10.3. The van der Waals surface area contributed by atoms with E-state index in [4.69, 9.17) is 4.74 Å². The lowest BCUT2D eigenvalue weighted by Crippen LogP contribution is -2.39. The zero-order valence-electron chi connectivity index (χ0n) is 13.3. The summed E-state index contributed by atoms with van der Waals surface area (Å²) in [5.74, 6) is -0.0363. The van der Waals surface area contributed by atoms with Crippen molar-refractivity contribution in [1.29, 1.82) is 0 Å². The van der Waals surface area contributed by atoms with E-state index in [0.717, 1.165) is 19.5 Å². The molecule has 1 atom stereocenters. The Labute approximate surface area is 132 Å². The number of aliphatic hydroxyl groups excluding tert-OH is 1. The van der Waals surface area contributed by atoms with E-state index < -0.39 is 6.10 Å². The highest BCUT2D eigenvalue weighted by molar-refractivity contribution is 5.77. The van der Waals surface area contributed by atoms with E-state index >= 15 is 0 Å². The van der Waals surface area contributed by atoms with Gasteiger partial charge < -0.3 is 14.7 Å². The first-order valence-electron chi connectivity index (χ1n) is 7.99. The highest BCUT2D eigenvalue weighted by atomic mass is 16.5. The number of nitrogens with zero attached hydrogens (tertiary/aromatic N) is 2. The lowest BCUT2D eigenvalue weighted by Gasteiger charge is -2.21. The van der Waals surface area contributed by atoms with Crippen molar-refractivity contribution in [3.63, 3.8) is 0 Å². The van der Waals surface area contributed by atoms with E-state index in [9.17, 15) is 9.90 Å². The van der Waals surface area contributed by atoms with Crippen LogP contribution in [0.5, 0.6) is 0 Å². The van der Waals surface area contributed by atoms with Crippen molar-refractivity contribution in [2.24, 2.45) is 0 Å². The molecule has 0 saturated carbocycles. The largest absolute Gasteiger partial charge is 0.390 e. The third kappa shape index (κ3) is 5.40. The molecule has 1 aliphatic heterocycles. The van der Waals surface area contributed by atoms with Crippen LogP contribution in [0.2, 0.25) is 0 Å². The second kappa shape index (κ2) is 8.88. The van der Waals surface area contributed by atoms with Gasteiger partial charge in [-0.1, -0.05) is 30.3 Å². The highest BCUT2D eigenvalue weighted by Crippen LogP contribution is 2.07. The Morgan fingerprint density at radius 1 is 1.27 bits per heavy atom. The predicted octanol–water partition coefficient (Wildman–Crippen LogP) is 0.771. The molecule has 1 aromatic carbocycles. The number of rotatable bonds is 6. The first-order chi connectivity index (χ1) is 10.7. The number of carbonyl (C=O) groups excluding carboxylic acids is 1. The summed E-state index contributed by atoms with van der Waals surface area (Å²) in [5, 5.41) is 10.1. The van der Waals surface area contributed by atoms with E-state index in [1.54, 1.807) is 4.90 Å². The summed E-state index contributed by atoms with van der Waals surface area (Å²) < 4.78 is 5.17. The number of ether oxygens (including phenoxy) is 1. The first-order valence-corrected chi connectivity index (χ1v) is 7.99. The molecule has 0 spiro atoms. The highest BCUT2D eigenvalue weighted by Gasteiger charge is 2.24. The Kier molecular flexibility index (Phi) is 6.83. The molecule has 1 aromatic rings. The number of benzene rings is 1. The number of hydrogen-bond donors (Lipinski definition) is 1. The molecule has 0 radical (unpaired) electrons. The van der Waals surface area contributed by atoms with Gasteiger partial charge in [-0.05, 0) is 18.9 Å². The van der Waals surface area contributed by atoms with E-state index in [1.165, 1.54) is 5.56 Å². The van der Waals surface area contributed by atoms with Gasteiger partial charge in [0.05, 0.1) is 6.10 Å². The summed E-state index contributed by atoms with van der Waals surface area (Å²) in [6.45, 7) is 5.86. The molecule has 1 saturated heterocycles. The Hall–Kier alpha value is -1.43. The van der Waals surface area contributed by atoms with E-state index in [1.807, 2.05) is 25.1 Å². The molecule has 1 unspecified atom stereocenters. The molecule has 0 bridgehead atoms. The van der Waals surface area contributed by atoms with Crippen LogP contribution in [0.3, 0.4) is 0 Å². The summed E-state index contributed by atoms with van der Waals surface area (Å²) in [4.78, 5) is 16.0. The second-order valence-corrected chi connectivity index (χ2v) is 5.67. The monoisotopic (exact) mass is 306 g/mol. The van der Waals surface area contributed by atoms with Crippen LogP contribution >= 0.6 is 0 Å². The standard InChI is InChI=1S/C17H26N2O3/c1-2-22-14-17(21)19-11-10-18(12-16(20)13-19)9-8-15-6-4-3-5-7-15/h3-7,16,20H,2,8-14H2,1H3. The van der Waals surface area contributed by atoms with E-state index in [0.29, 0.717) is 26.2 Å². The Morgan fingerprint density at radius 3 is 2.77 bits per heavy atom. The van der Waals surface area contributed by atoms with Gasteiger partial charge in [0.2, 0.25) is 5.91 Å². The molecule has 0 aromatic heterocycles. The molecular formula is C17H26N2O3. The molecule has 1 amide bonds. The van der Waals surface area contributed by atoms with Crippen molar-refractivity contribution in [3.05, 3.63) is 35.9 Å². The SMILES string of the molecule is CCOCC(=O)N1CCN(CCc2ccccc2)CC(O)C1. The Bertz CT molecular complexity index is 452. The molecule has 1 N–H and O–H groups in total. The summed E-state index contributed by atoms with van der Waals surface area (Å²) in [6.07, 6.45) is 0.462. The average Bonchev–Trinajstić information content (AvgIpc) is 2.73. The van der Waals surface area contributed by atoms with E-state index in [-0.39, 0.29) is 12.5 Å². The number of hydrogen-bond acceptors (Lipinski definition) is 4. The van der Waals surface area contributed by atoms with Gasteiger partial charge in [0.25, 0.3) is 0 Å². The molecule has 1 aliphatic rings. The van der Waals surface area contributed by atoms with Gasteiger partial charge in [-0.15, -0.1) is 0 Å². The third-order valence-electron chi connectivity index (χ3n) is 3.93. The second-order valence-electron chi connectivity index (χ2n) is 5.67. The van der Waals surface area contributed by atoms with Gasteiger partial charge in [-0.3, -0.25) is 9.69 Å². The van der Waals surface area contributed by atoms with Crippen LogP contribution in [0.4, 0.5) is 0 Å². The first kappa shape index (κ1) is 16.9. The number of amides is 1. The summed E-state index contributed by atoms with van der Waals surface area (Å²) >= 11 is 0. The van der Waals surface area contributed by atoms with Gasteiger partial charge in [-0.25, -0.2) is 0 Å². The molecule has 5 heteroatoms. The van der Waals surface area contributed by atoms with Crippen molar-refractivity contribution in [2.75, 3.05) is 45.9 Å². The molecule has 5 nitrogen and oxygen atoms in total. The zero-order valence-corrected chi connectivity index (χ0v) is 13.3. The molecule has 1 fully saturated rings. The molecule has 122 valence electrons. The van der Waals surface area contributed by atoms with Crippen LogP contribution in [0, 0.1) is 0 Å². The minimum absolute atomic E-state index is 0.0363. The Balaban J connectivity index is 1.82. The van der Waals surface area contributed by atoms with Crippen LogP contribution in [-0.2, 0) is 16.0 Å². The smallest absolute Gasteiger partial charge is 0.248 e. The third-order valence-corrected chi connectivity index (χ3v) is 3.93. The summed E-state index contributed by atoms with van der Waals surface area (Å²) in [7, 11) is 0. The van der Waals surface area contributed by atoms with Gasteiger partial charge in [0.1, 0.15) is 6.61 Å². The quantitative estimate of drug-likeness (QED) is 0.843. The van der Waals surface area contributed by atoms with Gasteiger partial charge >= 0.3 is 0 Å². The van der Waals surface area contributed by atoms with Crippen LogP contribution < -0.4 is 0 Å². The van der Waals surface area contributed by atoms with Crippen molar-refractivity contribution in [3.8, 4) is 0 Å². The van der Waals surface area contributed by atoms with Gasteiger partial charge in [-0.2, -0.15) is 0 Å². The fourth-order valence-corrected chi connectivity index (χ4v) is 2.70. The normalized spacial score (nSPS) is 19.9.